The molecule has 0 amide bonds. The molecule has 1 fully saturated rings. The van der Waals surface area contributed by atoms with Crippen molar-refractivity contribution in [3.8, 4) is 5.75 Å². The lowest BCUT2D eigenvalue weighted by Gasteiger charge is -2.34. The molecular formula is C14H22N2O2. The second kappa shape index (κ2) is 6.07. The minimum Gasteiger partial charge on any atom is -0.497 e. The minimum absolute atomic E-state index is 0.301. The molecule has 1 saturated heterocycles. The number of methoxy groups -OCH3 is 1. The Labute approximate surface area is 108 Å². The summed E-state index contributed by atoms with van der Waals surface area (Å²) in [6.07, 6.45) is 2.08. The molecule has 0 aliphatic carbocycles. The van der Waals surface area contributed by atoms with Crippen LogP contribution in [0.15, 0.2) is 18.2 Å². The van der Waals surface area contributed by atoms with Crippen molar-refractivity contribution in [2.75, 3.05) is 31.7 Å². The molecule has 0 saturated carbocycles. The summed E-state index contributed by atoms with van der Waals surface area (Å²) in [5, 5.41) is 9.17. The molecule has 1 aliphatic heterocycles. The molecule has 1 aromatic rings. The number of nitrogens with two attached hydrogens (primary N) is 1. The van der Waals surface area contributed by atoms with Gasteiger partial charge in [-0.05, 0) is 30.4 Å². The zero-order valence-electron chi connectivity index (χ0n) is 10.9. The first-order chi connectivity index (χ1) is 8.78. The topological polar surface area (TPSA) is 58.7 Å². The van der Waals surface area contributed by atoms with E-state index in [2.05, 4.69) is 11.0 Å². The average Bonchev–Trinajstić information content (AvgIpc) is 2.46. The van der Waals surface area contributed by atoms with E-state index in [1.54, 1.807) is 7.11 Å². The lowest BCUT2D eigenvalue weighted by Crippen LogP contribution is -2.35. The molecule has 18 heavy (non-hydrogen) atoms. The number of piperidine rings is 1. The number of nitrogens with zero attached hydrogens (tertiary/aromatic N) is 1. The highest BCUT2D eigenvalue weighted by molar-refractivity contribution is 5.57. The molecule has 0 bridgehead atoms. The maximum atomic E-state index is 9.17. The third kappa shape index (κ3) is 2.76. The first-order valence-electron chi connectivity index (χ1n) is 6.51. The van der Waals surface area contributed by atoms with Crippen molar-refractivity contribution in [3.63, 3.8) is 0 Å². The van der Waals surface area contributed by atoms with Crippen LogP contribution in [0.2, 0.25) is 0 Å². The van der Waals surface area contributed by atoms with Gasteiger partial charge in [0.2, 0.25) is 0 Å². The Morgan fingerprint density at radius 2 is 2.11 bits per heavy atom. The summed E-state index contributed by atoms with van der Waals surface area (Å²) < 4.78 is 5.28. The molecule has 0 unspecified atom stereocenters. The molecule has 1 heterocycles. The fourth-order valence-electron chi connectivity index (χ4n) is 2.49. The molecule has 1 aliphatic rings. The van der Waals surface area contributed by atoms with Crippen molar-refractivity contribution >= 4 is 5.69 Å². The van der Waals surface area contributed by atoms with Crippen molar-refractivity contribution in [2.45, 2.75) is 19.4 Å². The van der Waals surface area contributed by atoms with Crippen LogP contribution in [-0.4, -0.2) is 31.9 Å². The van der Waals surface area contributed by atoms with Crippen LogP contribution in [0, 0.1) is 5.92 Å². The second-order valence-electron chi connectivity index (χ2n) is 4.81. The summed E-state index contributed by atoms with van der Waals surface area (Å²) >= 11 is 0. The Morgan fingerprint density at radius 1 is 1.39 bits per heavy atom. The zero-order chi connectivity index (χ0) is 13.0. The predicted octanol–water partition coefficient (Wildman–Crippen LogP) is 1.36. The highest BCUT2D eigenvalue weighted by Gasteiger charge is 2.20. The fourth-order valence-corrected chi connectivity index (χ4v) is 2.49. The van der Waals surface area contributed by atoms with Gasteiger partial charge in [-0.25, -0.2) is 0 Å². The molecule has 2 rings (SSSR count). The second-order valence-corrected chi connectivity index (χ2v) is 4.81. The van der Waals surface area contributed by atoms with E-state index in [0.29, 0.717) is 19.1 Å². The lowest BCUT2D eigenvalue weighted by molar-refractivity contribution is 0.203. The van der Waals surface area contributed by atoms with Crippen LogP contribution in [0.3, 0.4) is 0 Å². The van der Waals surface area contributed by atoms with Gasteiger partial charge in [-0.15, -0.1) is 0 Å². The van der Waals surface area contributed by atoms with Gasteiger partial charge in [-0.2, -0.15) is 0 Å². The summed E-state index contributed by atoms with van der Waals surface area (Å²) in [4.78, 5) is 2.34. The maximum absolute atomic E-state index is 9.17. The van der Waals surface area contributed by atoms with E-state index in [-0.39, 0.29) is 0 Å². The Bertz CT molecular complexity index is 387. The van der Waals surface area contributed by atoms with Gasteiger partial charge < -0.3 is 20.5 Å². The van der Waals surface area contributed by atoms with E-state index in [0.717, 1.165) is 37.2 Å². The molecule has 4 heteroatoms. The van der Waals surface area contributed by atoms with E-state index in [1.807, 2.05) is 12.1 Å². The molecule has 0 atom stereocenters. The van der Waals surface area contributed by atoms with Crippen molar-refractivity contribution in [1.29, 1.82) is 0 Å². The number of anilines is 1. The third-order valence-corrected chi connectivity index (χ3v) is 3.73. The molecule has 0 radical (unpaired) electrons. The number of aliphatic hydroxyl groups is 1. The predicted molar refractivity (Wildman–Crippen MR) is 72.9 cm³/mol. The Kier molecular flexibility index (Phi) is 4.44. The lowest BCUT2D eigenvalue weighted by atomic mass is 9.97. The van der Waals surface area contributed by atoms with Crippen LogP contribution in [0.25, 0.3) is 0 Å². The standard InChI is InChI=1S/C14H22N2O2/c1-18-13-3-2-12(9-15)14(8-13)16-6-4-11(10-17)5-7-16/h2-3,8,11,17H,4-7,9-10,15H2,1H3. The van der Waals surface area contributed by atoms with Gasteiger partial charge >= 0.3 is 0 Å². The van der Waals surface area contributed by atoms with Gasteiger partial charge in [0.1, 0.15) is 5.75 Å². The van der Waals surface area contributed by atoms with Crippen LogP contribution in [0.4, 0.5) is 5.69 Å². The van der Waals surface area contributed by atoms with Crippen molar-refractivity contribution in [1.82, 2.24) is 0 Å². The van der Waals surface area contributed by atoms with Crippen LogP contribution < -0.4 is 15.4 Å². The van der Waals surface area contributed by atoms with Gasteiger partial charge in [-0.3, -0.25) is 0 Å². The first-order valence-corrected chi connectivity index (χ1v) is 6.51. The van der Waals surface area contributed by atoms with Gasteiger partial charge in [0.15, 0.2) is 0 Å². The fraction of sp³-hybridized carbons (Fsp3) is 0.571. The summed E-state index contributed by atoms with van der Waals surface area (Å²) in [7, 11) is 1.68. The van der Waals surface area contributed by atoms with E-state index < -0.39 is 0 Å². The Hall–Kier alpha value is -1.26. The zero-order valence-corrected chi connectivity index (χ0v) is 10.9. The number of hydrogen-bond acceptors (Lipinski definition) is 4. The largest absolute Gasteiger partial charge is 0.497 e. The minimum atomic E-state index is 0.301. The van der Waals surface area contributed by atoms with Crippen LogP contribution in [0.1, 0.15) is 18.4 Å². The molecule has 1 aromatic carbocycles. The molecule has 0 aromatic heterocycles. The van der Waals surface area contributed by atoms with Crippen LogP contribution in [0.5, 0.6) is 5.75 Å². The average molecular weight is 250 g/mol. The molecule has 0 spiro atoms. The smallest absolute Gasteiger partial charge is 0.120 e. The monoisotopic (exact) mass is 250 g/mol. The summed E-state index contributed by atoms with van der Waals surface area (Å²) in [6.45, 7) is 2.80. The highest BCUT2D eigenvalue weighted by Crippen LogP contribution is 2.29. The summed E-state index contributed by atoms with van der Waals surface area (Å²) in [5.41, 5.74) is 8.12. The number of benzene rings is 1. The third-order valence-electron chi connectivity index (χ3n) is 3.73. The SMILES string of the molecule is COc1ccc(CN)c(N2CCC(CO)CC2)c1. The van der Waals surface area contributed by atoms with Gasteiger partial charge in [0.05, 0.1) is 7.11 Å². The molecular weight excluding hydrogens is 228 g/mol. The van der Waals surface area contributed by atoms with Gasteiger partial charge in [-0.1, -0.05) is 6.07 Å². The van der Waals surface area contributed by atoms with E-state index in [9.17, 15) is 5.11 Å². The number of hydrogen-bond donors (Lipinski definition) is 2. The van der Waals surface area contributed by atoms with E-state index in [1.165, 1.54) is 5.69 Å². The molecule has 100 valence electrons. The van der Waals surface area contributed by atoms with Crippen molar-refractivity contribution in [2.24, 2.45) is 11.7 Å². The van der Waals surface area contributed by atoms with E-state index >= 15 is 0 Å². The van der Waals surface area contributed by atoms with Crippen LogP contribution >= 0.6 is 0 Å². The van der Waals surface area contributed by atoms with Crippen molar-refractivity contribution in [3.05, 3.63) is 23.8 Å². The van der Waals surface area contributed by atoms with Crippen LogP contribution in [-0.2, 0) is 6.54 Å². The van der Waals surface area contributed by atoms with Gasteiger partial charge in [0, 0.05) is 38.0 Å². The Morgan fingerprint density at radius 3 is 2.67 bits per heavy atom. The normalized spacial score (nSPS) is 16.9. The van der Waals surface area contributed by atoms with E-state index in [4.69, 9.17) is 10.5 Å². The van der Waals surface area contributed by atoms with Crippen molar-refractivity contribution < 1.29 is 9.84 Å². The highest BCUT2D eigenvalue weighted by atomic mass is 16.5. The number of rotatable bonds is 4. The Balaban J connectivity index is 2.16. The first kappa shape index (κ1) is 13.2. The quantitative estimate of drug-likeness (QED) is 0.847. The number of aliphatic hydroxyl groups excluding tert-OH is 1. The summed E-state index contributed by atoms with van der Waals surface area (Å²) in [5.74, 6) is 1.32. The summed E-state index contributed by atoms with van der Waals surface area (Å²) in [6, 6.07) is 6.04. The number of ether oxygens (including phenoxy) is 1. The van der Waals surface area contributed by atoms with Gasteiger partial charge in [0.25, 0.3) is 0 Å². The molecule has 4 nitrogen and oxygen atoms in total. The maximum Gasteiger partial charge on any atom is 0.120 e. The molecule has 3 N–H and O–H groups in total.